The van der Waals surface area contributed by atoms with Gasteiger partial charge in [-0.15, -0.1) is 0 Å². The molecule has 0 N–H and O–H groups in total. The molecule has 2 nitrogen and oxygen atoms in total. The van der Waals surface area contributed by atoms with E-state index in [1.807, 2.05) is 31.3 Å². The van der Waals surface area contributed by atoms with Crippen molar-refractivity contribution in [2.45, 2.75) is 51.2 Å². The number of benzene rings is 1. The minimum Gasteiger partial charge on any atom is -0.306 e. The molecule has 1 amide bonds. The van der Waals surface area contributed by atoms with Gasteiger partial charge in [0.2, 0.25) is 0 Å². The molecule has 1 aliphatic carbocycles. The zero-order valence-electron chi connectivity index (χ0n) is 13.9. The van der Waals surface area contributed by atoms with E-state index in [0.717, 1.165) is 11.6 Å². The fourth-order valence-corrected chi connectivity index (χ4v) is 3.54. The van der Waals surface area contributed by atoms with Gasteiger partial charge in [-0.2, -0.15) is 0 Å². The van der Waals surface area contributed by atoms with Gasteiger partial charge in [0.1, 0.15) is 0 Å². The average molecular weight is 317 g/mol. The van der Waals surface area contributed by atoms with Crippen LogP contribution in [0.3, 0.4) is 0 Å². The van der Waals surface area contributed by atoms with Crippen LogP contribution in [0.1, 0.15) is 44.6 Å². The summed E-state index contributed by atoms with van der Waals surface area (Å²) >= 11 is 1.40. The Bertz CT molecular complexity index is 503. The van der Waals surface area contributed by atoms with Crippen LogP contribution in [0.5, 0.6) is 0 Å². The lowest BCUT2D eigenvalue weighted by atomic mass is 9.89. The monoisotopic (exact) mass is 317 g/mol. The zero-order chi connectivity index (χ0) is 15.9. The summed E-state index contributed by atoms with van der Waals surface area (Å²) in [5.41, 5.74) is 2.16. The van der Waals surface area contributed by atoms with Gasteiger partial charge >= 0.3 is 0 Å². The summed E-state index contributed by atoms with van der Waals surface area (Å²) in [6, 6.07) is 8.07. The lowest BCUT2D eigenvalue weighted by Gasteiger charge is -2.20. The number of anilines is 1. The van der Waals surface area contributed by atoms with Crippen molar-refractivity contribution in [1.29, 1.82) is 0 Å². The van der Waals surface area contributed by atoms with Crippen LogP contribution >= 0.6 is 11.8 Å². The van der Waals surface area contributed by atoms with Gasteiger partial charge in [0.05, 0.1) is 0 Å². The fraction of sp³-hybridized carbons (Fsp3) is 0.526. The number of carbonyl (C=O) groups excluding carboxylic acids is 1. The van der Waals surface area contributed by atoms with E-state index in [4.69, 9.17) is 0 Å². The van der Waals surface area contributed by atoms with E-state index in [-0.39, 0.29) is 10.5 Å². The van der Waals surface area contributed by atoms with Crippen molar-refractivity contribution in [2.75, 3.05) is 11.9 Å². The van der Waals surface area contributed by atoms with Gasteiger partial charge in [-0.25, -0.2) is 0 Å². The van der Waals surface area contributed by atoms with Gasteiger partial charge in [0.25, 0.3) is 5.24 Å². The number of amides is 1. The first-order valence-corrected chi connectivity index (χ1v) is 9.13. The molecule has 1 saturated carbocycles. The molecular formula is C19H27NOS. The maximum atomic E-state index is 12.3. The van der Waals surface area contributed by atoms with Gasteiger partial charge in [0.15, 0.2) is 0 Å². The Kier molecular flexibility index (Phi) is 6.56. The smallest absolute Gasteiger partial charge is 0.286 e. The SMILES string of the molecule is Cc1ccc(N(C)C(=O)SC(C)/C=C/C2CCCCC2)cc1. The lowest BCUT2D eigenvalue weighted by Crippen LogP contribution is -2.23. The summed E-state index contributed by atoms with van der Waals surface area (Å²) < 4.78 is 0. The molecule has 1 fully saturated rings. The number of aryl methyl sites for hydroxylation is 1. The van der Waals surface area contributed by atoms with Gasteiger partial charge in [-0.1, -0.05) is 60.9 Å². The Balaban J connectivity index is 1.84. The molecule has 0 spiro atoms. The molecule has 0 heterocycles. The van der Waals surface area contributed by atoms with Crippen molar-refractivity contribution < 1.29 is 4.79 Å². The van der Waals surface area contributed by atoms with Gasteiger partial charge in [0, 0.05) is 18.0 Å². The van der Waals surface area contributed by atoms with E-state index in [9.17, 15) is 4.79 Å². The highest BCUT2D eigenvalue weighted by Crippen LogP contribution is 2.26. The van der Waals surface area contributed by atoms with Crippen molar-refractivity contribution in [3.05, 3.63) is 42.0 Å². The molecule has 1 unspecified atom stereocenters. The van der Waals surface area contributed by atoms with E-state index < -0.39 is 0 Å². The Labute approximate surface area is 139 Å². The topological polar surface area (TPSA) is 20.3 Å². The number of carbonyl (C=O) groups is 1. The van der Waals surface area contributed by atoms with Crippen LogP contribution < -0.4 is 4.90 Å². The van der Waals surface area contributed by atoms with Crippen LogP contribution in [0, 0.1) is 12.8 Å². The summed E-state index contributed by atoms with van der Waals surface area (Å²) in [7, 11) is 1.84. The lowest BCUT2D eigenvalue weighted by molar-refractivity contribution is 0.266. The Hall–Kier alpha value is -1.22. The maximum Gasteiger partial charge on any atom is 0.286 e. The number of hydrogen-bond acceptors (Lipinski definition) is 2. The van der Waals surface area contributed by atoms with Gasteiger partial charge in [-0.05, 0) is 44.7 Å². The Morgan fingerprint density at radius 2 is 1.86 bits per heavy atom. The third kappa shape index (κ3) is 5.20. The number of rotatable bonds is 4. The number of thioether (sulfide) groups is 1. The molecule has 22 heavy (non-hydrogen) atoms. The molecule has 0 saturated heterocycles. The van der Waals surface area contributed by atoms with Crippen LogP contribution in [0.2, 0.25) is 0 Å². The molecule has 1 atom stereocenters. The van der Waals surface area contributed by atoms with Gasteiger partial charge in [-0.3, -0.25) is 4.79 Å². The van der Waals surface area contributed by atoms with Crippen molar-refractivity contribution in [1.82, 2.24) is 0 Å². The molecule has 0 aromatic heterocycles. The minimum atomic E-state index is 0.102. The Morgan fingerprint density at radius 1 is 1.23 bits per heavy atom. The number of allylic oxidation sites excluding steroid dienone is 1. The summed E-state index contributed by atoms with van der Waals surface area (Å²) in [5.74, 6) is 0.724. The fourth-order valence-electron chi connectivity index (χ4n) is 2.79. The van der Waals surface area contributed by atoms with E-state index in [0.29, 0.717) is 0 Å². The molecule has 120 valence electrons. The standard InChI is InChI=1S/C19H27NOS/c1-15-9-13-18(14-10-15)20(3)19(21)22-16(2)11-12-17-7-5-4-6-8-17/h9-14,16-17H,4-8H2,1-3H3/b12-11+. The highest BCUT2D eigenvalue weighted by atomic mass is 32.2. The highest BCUT2D eigenvalue weighted by Gasteiger charge is 2.15. The second-order valence-corrected chi connectivity index (χ2v) is 7.59. The van der Waals surface area contributed by atoms with E-state index >= 15 is 0 Å². The summed E-state index contributed by atoms with van der Waals surface area (Å²) in [6.07, 6.45) is 11.2. The third-order valence-corrected chi connectivity index (χ3v) is 5.29. The first kappa shape index (κ1) is 17.1. The van der Waals surface area contributed by atoms with Crippen LogP contribution in [-0.4, -0.2) is 17.5 Å². The third-order valence-electron chi connectivity index (χ3n) is 4.29. The molecule has 1 aromatic carbocycles. The quantitative estimate of drug-likeness (QED) is 0.653. The molecule has 0 radical (unpaired) electrons. The van der Waals surface area contributed by atoms with E-state index in [2.05, 4.69) is 26.0 Å². The highest BCUT2D eigenvalue weighted by molar-refractivity contribution is 8.14. The van der Waals surface area contributed by atoms with Crippen molar-refractivity contribution in [2.24, 2.45) is 5.92 Å². The number of nitrogens with zero attached hydrogens (tertiary/aromatic N) is 1. The summed E-state index contributed by atoms with van der Waals surface area (Å²) in [6.45, 7) is 4.16. The molecular weight excluding hydrogens is 290 g/mol. The van der Waals surface area contributed by atoms with Crippen LogP contribution in [0.15, 0.2) is 36.4 Å². The van der Waals surface area contributed by atoms with Crippen molar-refractivity contribution >= 4 is 22.7 Å². The van der Waals surface area contributed by atoms with Gasteiger partial charge < -0.3 is 4.90 Å². The van der Waals surface area contributed by atoms with E-state index in [1.165, 1.54) is 49.4 Å². The predicted molar refractivity (Wildman–Crippen MR) is 97.7 cm³/mol. The molecule has 0 aliphatic heterocycles. The maximum absolute atomic E-state index is 12.3. The van der Waals surface area contributed by atoms with E-state index in [1.54, 1.807) is 4.90 Å². The van der Waals surface area contributed by atoms with Crippen LogP contribution in [0.4, 0.5) is 10.5 Å². The predicted octanol–water partition coefficient (Wildman–Crippen LogP) is 5.81. The average Bonchev–Trinajstić information content (AvgIpc) is 2.54. The largest absolute Gasteiger partial charge is 0.306 e. The first-order valence-electron chi connectivity index (χ1n) is 8.25. The second-order valence-electron chi connectivity index (χ2n) is 6.27. The summed E-state index contributed by atoms with van der Waals surface area (Å²) in [4.78, 5) is 14.1. The normalized spacial score (nSPS) is 17.6. The van der Waals surface area contributed by atoms with Crippen molar-refractivity contribution in [3.63, 3.8) is 0 Å². The molecule has 0 bridgehead atoms. The zero-order valence-corrected chi connectivity index (χ0v) is 14.7. The molecule has 2 rings (SSSR count). The first-order chi connectivity index (χ1) is 10.6. The Morgan fingerprint density at radius 3 is 2.50 bits per heavy atom. The van der Waals surface area contributed by atoms with Crippen molar-refractivity contribution in [3.8, 4) is 0 Å². The molecule has 1 aliphatic rings. The number of hydrogen-bond donors (Lipinski definition) is 0. The van der Waals surface area contributed by atoms with Crippen LogP contribution in [-0.2, 0) is 0 Å². The molecule has 1 aromatic rings. The molecule has 3 heteroatoms. The summed E-state index contributed by atoms with van der Waals surface area (Å²) in [5, 5.41) is 0.326. The minimum absolute atomic E-state index is 0.102. The van der Waals surface area contributed by atoms with Crippen LogP contribution in [0.25, 0.3) is 0 Å². The second kappa shape index (κ2) is 8.42.